The minimum atomic E-state index is -0.299. The van der Waals surface area contributed by atoms with Gasteiger partial charge in [-0.05, 0) is 75.7 Å². The van der Waals surface area contributed by atoms with Crippen LogP contribution in [0.25, 0.3) is 0 Å². The Balaban J connectivity index is 2.08. The first-order valence-corrected chi connectivity index (χ1v) is 8.45. The lowest BCUT2D eigenvalue weighted by molar-refractivity contribution is 0.0918. The molecule has 126 valence electrons. The third kappa shape index (κ3) is 4.93. The number of hydrogen-bond donors (Lipinski definition) is 2. The lowest BCUT2D eigenvalue weighted by Gasteiger charge is -2.20. The Labute approximate surface area is 150 Å². The summed E-state index contributed by atoms with van der Waals surface area (Å²) in [5.41, 5.74) is 2.51. The van der Waals surface area contributed by atoms with Crippen LogP contribution in [0.3, 0.4) is 0 Å². The number of benzene rings is 2. The topological polar surface area (TPSA) is 58.2 Å². The van der Waals surface area contributed by atoms with Crippen LogP contribution >= 0.6 is 15.9 Å². The molecular weight excluding hydrogens is 368 g/mol. The van der Waals surface area contributed by atoms with Crippen LogP contribution in [0.1, 0.15) is 47.1 Å². The quantitative estimate of drug-likeness (QED) is 0.810. The van der Waals surface area contributed by atoms with Crippen molar-refractivity contribution in [2.75, 3.05) is 5.32 Å². The zero-order valence-electron chi connectivity index (χ0n) is 14.2. The highest BCUT2D eigenvalue weighted by Crippen LogP contribution is 2.20. The van der Waals surface area contributed by atoms with Crippen molar-refractivity contribution in [1.82, 2.24) is 5.32 Å². The molecule has 0 aliphatic heterocycles. The first kappa shape index (κ1) is 18.2. The third-order valence-corrected chi connectivity index (χ3v) is 4.20. The Kier molecular flexibility index (Phi) is 5.44. The second-order valence-corrected chi connectivity index (χ2v) is 7.55. The third-order valence-electron chi connectivity index (χ3n) is 3.31. The lowest BCUT2D eigenvalue weighted by Crippen LogP contribution is -2.40. The van der Waals surface area contributed by atoms with Gasteiger partial charge in [-0.25, -0.2) is 0 Å². The highest BCUT2D eigenvalue weighted by Gasteiger charge is 2.15. The summed E-state index contributed by atoms with van der Waals surface area (Å²) in [4.78, 5) is 24.4. The largest absolute Gasteiger partial charge is 0.347 e. The van der Waals surface area contributed by atoms with Crippen LogP contribution in [-0.2, 0) is 0 Å². The van der Waals surface area contributed by atoms with Gasteiger partial charge in [0.15, 0.2) is 0 Å². The molecule has 0 aliphatic rings. The molecule has 0 atom stereocenters. The van der Waals surface area contributed by atoms with Crippen LogP contribution in [0.4, 0.5) is 5.69 Å². The molecule has 2 N–H and O–H groups in total. The van der Waals surface area contributed by atoms with Crippen molar-refractivity contribution in [3.63, 3.8) is 0 Å². The van der Waals surface area contributed by atoms with Gasteiger partial charge in [-0.2, -0.15) is 0 Å². The fourth-order valence-corrected chi connectivity index (χ4v) is 2.36. The number of aryl methyl sites for hydroxylation is 1. The molecule has 2 rings (SSSR count). The summed E-state index contributed by atoms with van der Waals surface area (Å²) in [6.45, 7) is 7.73. The molecular formula is C19H21BrN2O2. The molecule has 4 nitrogen and oxygen atoms in total. The van der Waals surface area contributed by atoms with Gasteiger partial charge in [0.1, 0.15) is 0 Å². The Morgan fingerprint density at radius 3 is 1.96 bits per heavy atom. The molecule has 0 unspecified atom stereocenters. The zero-order valence-corrected chi connectivity index (χ0v) is 15.8. The van der Waals surface area contributed by atoms with Gasteiger partial charge in [-0.3, -0.25) is 9.59 Å². The molecule has 0 saturated heterocycles. The van der Waals surface area contributed by atoms with Crippen molar-refractivity contribution in [3.8, 4) is 0 Å². The molecule has 0 aromatic heterocycles. The number of hydrogen-bond acceptors (Lipinski definition) is 2. The average Bonchev–Trinajstić information content (AvgIpc) is 2.49. The fourth-order valence-electron chi connectivity index (χ4n) is 2.11. The SMILES string of the molecule is Cc1cc(NC(=O)c2ccc(C(=O)NC(C)(C)C)cc2)ccc1Br. The summed E-state index contributed by atoms with van der Waals surface area (Å²) in [6.07, 6.45) is 0. The Morgan fingerprint density at radius 2 is 1.46 bits per heavy atom. The van der Waals surface area contributed by atoms with Crippen molar-refractivity contribution in [2.45, 2.75) is 33.2 Å². The van der Waals surface area contributed by atoms with Crippen molar-refractivity contribution in [3.05, 3.63) is 63.6 Å². The van der Waals surface area contributed by atoms with E-state index >= 15 is 0 Å². The van der Waals surface area contributed by atoms with Crippen molar-refractivity contribution in [2.24, 2.45) is 0 Å². The first-order valence-electron chi connectivity index (χ1n) is 7.66. The average molecular weight is 389 g/mol. The van der Waals surface area contributed by atoms with Crippen molar-refractivity contribution in [1.29, 1.82) is 0 Å². The van der Waals surface area contributed by atoms with E-state index in [0.29, 0.717) is 11.1 Å². The molecule has 0 radical (unpaired) electrons. The highest BCUT2D eigenvalue weighted by molar-refractivity contribution is 9.10. The van der Waals surface area contributed by atoms with E-state index in [1.54, 1.807) is 24.3 Å². The number of anilines is 1. The van der Waals surface area contributed by atoms with E-state index in [4.69, 9.17) is 0 Å². The zero-order chi connectivity index (χ0) is 17.9. The van der Waals surface area contributed by atoms with E-state index in [1.807, 2.05) is 45.9 Å². The van der Waals surface area contributed by atoms with Crippen LogP contribution in [0.5, 0.6) is 0 Å². The van der Waals surface area contributed by atoms with Crippen LogP contribution in [-0.4, -0.2) is 17.4 Å². The molecule has 2 amide bonds. The van der Waals surface area contributed by atoms with E-state index in [-0.39, 0.29) is 17.4 Å². The van der Waals surface area contributed by atoms with Crippen molar-refractivity contribution >= 4 is 33.4 Å². The van der Waals surface area contributed by atoms with Gasteiger partial charge in [0.05, 0.1) is 0 Å². The van der Waals surface area contributed by atoms with Gasteiger partial charge in [-0.15, -0.1) is 0 Å². The van der Waals surface area contributed by atoms with E-state index in [0.717, 1.165) is 15.7 Å². The molecule has 0 spiro atoms. The molecule has 5 heteroatoms. The van der Waals surface area contributed by atoms with E-state index < -0.39 is 0 Å². The van der Waals surface area contributed by atoms with Gasteiger partial charge < -0.3 is 10.6 Å². The number of carbonyl (C=O) groups excluding carboxylic acids is 2. The normalized spacial score (nSPS) is 11.0. The summed E-state index contributed by atoms with van der Waals surface area (Å²) in [5.74, 6) is -0.363. The lowest BCUT2D eigenvalue weighted by atomic mass is 10.1. The van der Waals surface area contributed by atoms with E-state index in [9.17, 15) is 9.59 Å². The summed E-state index contributed by atoms with van der Waals surface area (Å²) < 4.78 is 0.995. The maximum atomic E-state index is 12.3. The van der Waals surface area contributed by atoms with Crippen LogP contribution in [0, 0.1) is 6.92 Å². The number of rotatable bonds is 3. The smallest absolute Gasteiger partial charge is 0.255 e. The summed E-state index contributed by atoms with van der Waals surface area (Å²) in [6, 6.07) is 12.2. The number of halogens is 1. The van der Waals surface area contributed by atoms with Gasteiger partial charge >= 0.3 is 0 Å². The van der Waals surface area contributed by atoms with Gasteiger partial charge in [0.2, 0.25) is 0 Å². The van der Waals surface area contributed by atoms with Gasteiger partial charge in [0.25, 0.3) is 11.8 Å². The number of amides is 2. The fraction of sp³-hybridized carbons (Fsp3) is 0.263. The number of carbonyl (C=O) groups is 2. The molecule has 0 saturated carbocycles. The Hall–Kier alpha value is -2.14. The standard InChI is InChI=1S/C19H21BrN2O2/c1-12-11-15(9-10-16(12)20)21-17(23)13-5-7-14(8-6-13)18(24)22-19(2,3)4/h5-11H,1-4H3,(H,21,23)(H,22,24). The molecule has 0 aliphatic carbocycles. The second kappa shape index (κ2) is 7.18. The van der Waals surface area contributed by atoms with Gasteiger partial charge in [0, 0.05) is 26.8 Å². The molecule has 0 fully saturated rings. The minimum absolute atomic E-state index is 0.155. The molecule has 0 bridgehead atoms. The van der Waals surface area contributed by atoms with E-state index in [2.05, 4.69) is 26.6 Å². The predicted octanol–water partition coefficient (Wildman–Crippen LogP) is 4.54. The maximum Gasteiger partial charge on any atom is 0.255 e. The number of nitrogens with one attached hydrogen (secondary N) is 2. The highest BCUT2D eigenvalue weighted by atomic mass is 79.9. The van der Waals surface area contributed by atoms with Crippen LogP contribution in [0.2, 0.25) is 0 Å². The molecule has 0 heterocycles. The van der Waals surface area contributed by atoms with Crippen molar-refractivity contribution < 1.29 is 9.59 Å². The Bertz CT molecular complexity index is 762. The van der Waals surface area contributed by atoms with Gasteiger partial charge in [-0.1, -0.05) is 15.9 Å². The van der Waals surface area contributed by atoms with Crippen LogP contribution < -0.4 is 10.6 Å². The summed E-state index contributed by atoms with van der Waals surface area (Å²) in [7, 11) is 0. The monoisotopic (exact) mass is 388 g/mol. The van der Waals surface area contributed by atoms with Crippen LogP contribution in [0.15, 0.2) is 46.9 Å². The van der Waals surface area contributed by atoms with E-state index in [1.165, 1.54) is 0 Å². The summed E-state index contributed by atoms with van der Waals surface area (Å²) in [5, 5.41) is 5.74. The Morgan fingerprint density at radius 1 is 0.917 bits per heavy atom. The molecule has 2 aromatic carbocycles. The summed E-state index contributed by atoms with van der Waals surface area (Å²) >= 11 is 3.43. The molecule has 24 heavy (non-hydrogen) atoms. The second-order valence-electron chi connectivity index (χ2n) is 6.70. The molecule has 2 aromatic rings. The minimum Gasteiger partial charge on any atom is -0.347 e. The maximum absolute atomic E-state index is 12.3. The first-order chi connectivity index (χ1) is 11.2. The predicted molar refractivity (Wildman–Crippen MR) is 100 cm³/mol.